The van der Waals surface area contributed by atoms with Crippen LogP contribution in [0.4, 0.5) is 5.69 Å². The van der Waals surface area contributed by atoms with Gasteiger partial charge in [0.2, 0.25) is 0 Å². The van der Waals surface area contributed by atoms with Gasteiger partial charge in [0.25, 0.3) is 0 Å². The number of anilines is 1. The van der Waals surface area contributed by atoms with Crippen molar-refractivity contribution in [3.8, 4) is 6.07 Å². The Bertz CT molecular complexity index is 543. The van der Waals surface area contributed by atoms with E-state index in [1.165, 1.54) is 0 Å². The standard InChI is InChI=1S/C16H18N2O2/c17-9-12-1-3-14(4-2-12)18-10-16(11-18)7-5-13(6-8-16)15(19)20/h1-4,13H,5-8,10-11H2,(H,19,20). The zero-order valence-electron chi connectivity index (χ0n) is 11.4. The van der Waals surface area contributed by atoms with Crippen molar-refractivity contribution >= 4 is 11.7 Å². The molecule has 1 aromatic carbocycles. The molecule has 1 heterocycles. The van der Waals surface area contributed by atoms with Crippen LogP contribution in [-0.2, 0) is 4.79 Å². The number of nitriles is 1. The van der Waals surface area contributed by atoms with Crippen molar-refractivity contribution in [3.63, 3.8) is 0 Å². The first kappa shape index (κ1) is 13.0. The van der Waals surface area contributed by atoms with Crippen LogP contribution in [0.2, 0.25) is 0 Å². The van der Waals surface area contributed by atoms with Crippen LogP contribution in [0, 0.1) is 22.7 Å². The number of nitrogens with zero attached hydrogens (tertiary/aromatic N) is 2. The van der Waals surface area contributed by atoms with Crippen LogP contribution in [0.5, 0.6) is 0 Å². The summed E-state index contributed by atoms with van der Waals surface area (Å²) < 4.78 is 0. The zero-order valence-corrected chi connectivity index (χ0v) is 11.4. The van der Waals surface area contributed by atoms with Gasteiger partial charge in [-0.05, 0) is 49.9 Å². The fourth-order valence-electron chi connectivity index (χ4n) is 3.49. The number of hydrogen-bond donors (Lipinski definition) is 1. The van der Waals surface area contributed by atoms with Crippen molar-refractivity contribution in [2.75, 3.05) is 18.0 Å². The number of benzene rings is 1. The maximum atomic E-state index is 11.0. The highest BCUT2D eigenvalue weighted by molar-refractivity contribution is 5.70. The Hall–Kier alpha value is -2.02. The topological polar surface area (TPSA) is 64.3 Å². The van der Waals surface area contributed by atoms with E-state index in [2.05, 4.69) is 11.0 Å². The van der Waals surface area contributed by atoms with Crippen LogP contribution < -0.4 is 4.90 Å². The van der Waals surface area contributed by atoms with Gasteiger partial charge in [0.1, 0.15) is 0 Å². The third-order valence-corrected chi connectivity index (χ3v) is 4.81. The average Bonchev–Trinajstić information content (AvgIpc) is 2.45. The minimum absolute atomic E-state index is 0.135. The molecule has 1 N–H and O–H groups in total. The van der Waals surface area contributed by atoms with E-state index < -0.39 is 5.97 Å². The highest BCUT2D eigenvalue weighted by atomic mass is 16.4. The number of carboxylic acids is 1. The van der Waals surface area contributed by atoms with Crippen LogP contribution in [0.1, 0.15) is 31.2 Å². The molecule has 0 atom stereocenters. The van der Waals surface area contributed by atoms with Crippen LogP contribution >= 0.6 is 0 Å². The molecule has 0 amide bonds. The van der Waals surface area contributed by atoms with Crippen molar-refractivity contribution < 1.29 is 9.90 Å². The quantitative estimate of drug-likeness (QED) is 0.897. The molecule has 0 radical (unpaired) electrons. The normalized spacial score (nSPS) is 21.2. The van der Waals surface area contributed by atoms with Gasteiger partial charge in [0.15, 0.2) is 0 Å². The van der Waals surface area contributed by atoms with Gasteiger partial charge in [-0.2, -0.15) is 5.26 Å². The second-order valence-electron chi connectivity index (χ2n) is 6.13. The van der Waals surface area contributed by atoms with Crippen LogP contribution in [0.25, 0.3) is 0 Å². The van der Waals surface area contributed by atoms with Crippen molar-refractivity contribution in [2.24, 2.45) is 11.3 Å². The van der Waals surface area contributed by atoms with Crippen molar-refractivity contribution in [2.45, 2.75) is 25.7 Å². The van der Waals surface area contributed by atoms with Crippen molar-refractivity contribution in [1.29, 1.82) is 5.26 Å². The van der Waals surface area contributed by atoms with Gasteiger partial charge in [-0.25, -0.2) is 0 Å². The molecule has 0 unspecified atom stereocenters. The van der Waals surface area contributed by atoms with Gasteiger partial charge in [0.05, 0.1) is 17.6 Å². The molecule has 1 saturated carbocycles. The van der Waals surface area contributed by atoms with E-state index in [0.29, 0.717) is 11.0 Å². The molecule has 3 rings (SSSR count). The Kier molecular flexibility index (Phi) is 3.13. The predicted molar refractivity (Wildman–Crippen MR) is 75.4 cm³/mol. The maximum absolute atomic E-state index is 11.0. The fraction of sp³-hybridized carbons (Fsp3) is 0.500. The summed E-state index contributed by atoms with van der Waals surface area (Å²) in [7, 11) is 0. The molecular weight excluding hydrogens is 252 g/mol. The smallest absolute Gasteiger partial charge is 0.306 e. The monoisotopic (exact) mass is 270 g/mol. The second kappa shape index (κ2) is 4.82. The Balaban J connectivity index is 1.58. The Morgan fingerprint density at radius 2 is 1.85 bits per heavy atom. The first-order valence-electron chi connectivity index (χ1n) is 7.10. The van der Waals surface area contributed by atoms with Gasteiger partial charge >= 0.3 is 5.97 Å². The molecule has 0 aromatic heterocycles. The van der Waals surface area contributed by atoms with E-state index >= 15 is 0 Å². The number of aliphatic carboxylic acids is 1. The third kappa shape index (κ3) is 2.24. The van der Waals surface area contributed by atoms with Crippen molar-refractivity contribution in [3.05, 3.63) is 29.8 Å². The van der Waals surface area contributed by atoms with Crippen LogP contribution in [0.3, 0.4) is 0 Å². The summed E-state index contributed by atoms with van der Waals surface area (Å²) in [5.74, 6) is -0.771. The lowest BCUT2D eigenvalue weighted by Gasteiger charge is -2.54. The first-order valence-corrected chi connectivity index (χ1v) is 7.10. The number of rotatable bonds is 2. The number of carbonyl (C=O) groups is 1. The molecule has 2 aliphatic rings. The molecule has 2 fully saturated rings. The van der Waals surface area contributed by atoms with Gasteiger partial charge < -0.3 is 10.0 Å². The van der Waals surface area contributed by atoms with E-state index in [1.807, 2.05) is 24.3 Å². The van der Waals surface area contributed by atoms with E-state index in [1.54, 1.807) is 0 Å². The van der Waals surface area contributed by atoms with Crippen LogP contribution in [-0.4, -0.2) is 24.2 Å². The number of hydrogen-bond acceptors (Lipinski definition) is 3. The van der Waals surface area contributed by atoms with Gasteiger partial charge in [-0.1, -0.05) is 0 Å². The summed E-state index contributed by atoms with van der Waals surface area (Å²) in [5.41, 5.74) is 2.18. The van der Waals surface area contributed by atoms with Crippen LogP contribution in [0.15, 0.2) is 24.3 Å². The van der Waals surface area contributed by atoms with Gasteiger partial charge in [-0.15, -0.1) is 0 Å². The maximum Gasteiger partial charge on any atom is 0.306 e. The summed E-state index contributed by atoms with van der Waals surface area (Å²) in [4.78, 5) is 13.3. The molecule has 4 nitrogen and oxygen atoms in total. The van der Waals surface area contributed by atoms with E-state index in [4.69, 9.17) is 10.4 Å². The molecular formula is C16H18N2O2. The van der Waals surface area contributed by atoms with Gasteiger partial charge in [0, 0.05) is 24.2 Å². The zero-order chi connectivity index (χ0) is 14.2. The van der Waals surface area contributed by atoms with E-state index in [-0.39, 0.29) is 5.92 Å². The Morgan fingerprint density at radius 3 is 2.35 bits per heavy atom. The third-order valence-electron chi connectivity index (χ3n) is 4.81. The second-order valence-corrected chi connectivity index (χ2v) is 6.13. The molecule has 1 aliphatic heterocycles. The predicted octanol–water partition coefficient (Wildman–Crippen LogP) is 2.64. The summed E-state index contributed by atoms with van der Waals surface area (Å²) in [6.07, 6.45) is 3.68. The molecule has 1 aliphatic carbocycles. The van der Waals surface area contributed by atoms with Crippen molar-refractivity contribution in [1.82, 2.24) is 0 Å². The summed E-state index contributed by atoms with van der Waals surface area (Å²) in [6, 6.07) is 9.81. The fourth-order valence-corrected chi connectivity index (χ4v) is 3.49. The molecule has 104 valence electrons. The lowest BCUT2D eigenvalue weighted by molar-refractivity contribution is -0.143. The summed E-state index contributed by atoms with van der Waals surface area (Å²) in [5, 5.41) is 17.8. The molecule has 0 bridgehead atoms. The molecule has 1 saturated heterocycles. The highest BCUT2D eigenvalue weighted by Crippen LogP contribution is 2.47. The highest BCUT2D eigenvalue weighted by Gasteiger charge is 2.46. The molecule has 1 spiro atoms. The largest absolute Gasteiger partial charge is 0.481 e. The summed E-state index contributed by atoms with van der Waals surface area (Å²) in [6.45, 7) is 2.04. The average molecular weight is 270 g/mol. The molecule has 1 aromatic rings. The van der Waals surface area contributed by atoms with Gasteiger partial charge in [-0.3, -0.25) is 4.79 Å². The Labute approximate surface area is 118 Å². The molecule has 4 heteroatoms. The van der Waals surface area contributed by atoms with E-state index in [9.17, 15) is 4.79 Å². The number of carboxylic acid groups (broad SMARTS) is 1. The Morgan fingerprint density at radius 1 is 1.25 bits per heavy atom. The lowest BCUT2D eigenvalue weighted by Crippen LogP contribution is -2.58. The molecule has 20 heavy (non-hydrogen) atoms. The lowest BCUT2D eigenvalue weighted by atomic mass is 9.66. The summed E-state index contributed by atoms with van der Waals surface area (Å²) >= 11 is 0. The minimum Gasteiger partial charge on any atom is -0.481 e. The first-order chi connectivity index (χ1) is 9.62. The SMILES string of the molecule is N#Cc1ccc(N2CC3(CCC(C(=O)O)CC3)C2)cc1. The minimum atomic E-state index is -0.636. The van der Waals surface area contributed by atoms with E-state index in [0.717, 1.165) is 44.5 Å².